The molecule has 0 unspecified atom stereocenters. The van der Waals surface area contributed by atoms with Crippen LogP contribution in [0.3, 0.4) is 0 Å². The summed E-state index contributed by atoms with van der Waals surface area (Å²) in [6, 6.07) is 9.41. The quantitative estimate of drug-likeness (QED) is 0.420. The Hall–Kier alpha value is -3.74. The van der Waals surface area contributed by atoms with Crippen LogP contribution in [-0.4, -0.2) is 21.0 Å². The maximum absolute atomic E-state index is 12.5. The first-order valence-electron chi connectivity index (χ1n) is 9.01. The zero-order chi connectivity index (χ0) is 20.7. The average molecular weight is 390 g/mol. The standard InChI is InChI=1S/C22H18N2O5/c1-11-19(25)7-5-16-15(9-20(26)29-21(11)16)10-28-22(27)14-4-6-17-18(8-14)24-13(3)12(2)23-17/h4-9,25H,10H2,1-3H3. The minimum absolute atomic E-state index is 0.0256. The van der Waals surface area contributed by atoms with Crippen LogP contribution in [0.1, 0.15) is 32.9 Å². The highest BCUT2D eigenvalue weighted by atomic mass is 16.5. The summed E-state index contributed by atoms with van der Waals surface area (Å²) in [6.45, 7) is 5.28. The molecule has 0 aliphatic heterocycles. The monoisotopic (exact) mass is 390 g/mol. The lowest BCUT2D eigenvalue weighted by Crippen LogP contribution is -2.08. The van der Waals surface area contributed by atoms with Crippen molar-refractivity contribution < 1.29 is 19.1 Å². The zero-order valence-corrected chi connectivity index (χ0v) is 16.1. The van der Waals surface area contributed by atoms with Gasteiger partial charge in [-0.15, -0.1) is 0 Å². The predicted molar refractivity (Wildman–Crippen MR) is 107 cm³/mol. The summed E-state index contributed by atoms with van der Waals surface area (Å²) in [7, 11) is 0. The van der Waals surface area contributed by atoms with Crippen molar-refractivity contribution in [1.82, 2.24) is 9.97 Å². The smallest absolute Gasteiger partial charge is 0.338 e. The number of ether oxygens (including phenoxy) is 1. The number of benzene rings is 2. The first kappa shape index (κ1) is 18.6. The van der Waals surface area contributed by atoms with Crippen LogP contribution >= 0.6 is 0 Å². The van der Waals surface area contributed by atoms with Crippen LogP contribution in [0.2, 0.25) is 0 Å². The van der Waals surface area contributed by atoms with E-state index in [1.165, 1.54) is 12.1 Å². The first-order valence-corrected chi connectivity index (χ1v) is 9.01. The van der Waals surface area contributed by atoms with E-state index in [4.69, 9.17) is 9.15 Å². The molecule has 7 nitrogen and oxygen atoms in total. The van der Waals surface area contributed by atoms with Crippen LogP contribution in [0, 0.1) is 20.8 Å². The number of esters is 1. The summed E-state index contributed by atoms with van der Waals surface area (Å²) in [4.78, 5) is 33.3. The number of aromatic hydroxyl groups is 1. The van der Waals surface area contributed by atoms with E-state index in [9.17, 15) is 14.7 Å². The van der Waals surface area contributed by atoms with Crippen LogP contribution in [-0.2, 0) is 11.3 Å². The van der Waals surface area contributed by atoms with Crippen molar-refractivity contribution >= 4 is 28.0 Å². The lowest BCUT2D eigenvalue weighted by atomic mass is 10.1. The zero-order valence-electron chi connectivity index (χ0n) is 16.1. The van der Waals surface area contributed by atoms with Gasteiger partial charge in [-0.05, 0) is 51.1 Å². The van der Waals surface area contributed by atoms with Crippen molar-refractivity contribution in [2.24, 2.45) is 0 Å². The van der Waals surface area contributed by atoms with Crippen molar-refractivity contribution in [1.29, 1.82) is 0 Å². The molecular formula is C22H18N2O5. The van der Waals surface area contributed by atoms with Gasteiger partial charge in [-0.1, -0.05) is 0 Å². The Balaban J connectivity index is 1.63. The van der Waals surface area contributed by atoms with Gasteiger partial charge in [0.2, 0.25) is 0 Å². The molecule has 0 atom stereocenters. The van der Waals surface area contributed by atoms with E-state index in [1.807, 2.05) is 13.8 Å². The Kier molecular flexibility index (Phi) is 4.50. The molecule has 0 aliphatic carbocycles. The molecular weight excluding hydrogens is 372 g/mol. The van der Waals surface area contributed by atoms with Gasteiger partial charge in [0.25, 0.3) is 0 Å². The molecule has 4 aromatic rings. The van der Waals surface area contributed by atoms with E-state index < -0.39 is 11.6 Å². The molecule has 0 bridgehead atoms. The van der Waals surface area contributed by atoms with Crippen molar-refractivity contribution in [2.45, 2.75) is 27.4 Å². The molecule has 0 amide bonds. The van der Waals surface area contributed by atoms with Gasteiger partial charge in [0.05, 0.1) is 28.0 Å². The summed E-state index contributed by atoms with van der Waals surface area (Å²) in [5.74, 6) is -0.513. The van der Waals surface area contributed by atoms with E-state index in [0.29, 0.717) is 33.1 Å². The van der Waals surface area contributed by atoms with Crippen LogP contribution in [0.15, 0.2) is 45.6 Å². The molecule has 2 aromatic heterocycles. The second-order valence-electron chi connectivity index (χ2n) is 6.85. The summed E-state index contributed by atoms with van der Waals surface area (Å²) >= 11 is 0. The lowest BCUT2D eigenvalue weighted by Gasteiger charge is -2.10. The van der Waals surface area contributed by atoms with E-state index >= 15 is 0 Å². The average Bonchev–Trinajstić information content (AvgIpc) is 2.69. The van der Waals surface area contributed by atoms with Gasteiger partial charge in [0, 0.05) is 22.6 Å². The second-order valence-corrected chi connectivity index (χ2v) is 6.85. The highest BCUT2D eigenvalue weighted by Gasteiger charge is 2.14. The molecule has 0 spiro atoms. The van der Waals surface area contributed by atoms with Crippen LogP contribution in [0.4, 0.5) is 0 Å². The Bertz CT molecular complexity index is 1340. The Labute approximate surface area is 165 Å². The summed E-state index contributed by atoms with van der Waals surface area (Å²) in [6.07, 6.45) is 0. The number of fused-ring (bicyclic) bond motifs is 2. The van der Waals surface area contributed by atoms with Gasteiger partial charge in [-0.2, -0.15) is 0 Å². The molecule has 2 aromatic carbocycles. The number of phenolic OH excluding ortho intramolecular Hbond substituents is 1. The Morgan fingerprint density at radius 3 is 2.52 bits per heavy atom. The van der Waals surface area contributed by atoms with Crippen LogP contribution in [0.5, 0.6) is 5.75 Å². The number of nitrogens with zero attached hydrogens (tertiary/aromatic N) is 2. The topological polar surface area (TPSA) is 103 Å². The maximum Gasteiger partial charge on any atom is 0.338 e. The minimum Gasteiger partial charge on any atom is -0.508 e. The maximum atomic E-state index is 12.5. The normalized spacial score (nSPS) is 11.1. The van der Waals surface area contributed by atoms with Crippen LogP contribution in [0.25, 0.3) is 22.0 Å². The van der Waals surface area contributed by atoms with Gasteiger partial charge >= 0.3 is 11.6 Å². The van der Waals surface area contributed by atoms with E-state index in [1.54, 1.807) is 31.2 Å². The molecule has 7 heteroatoms. The Morgan fingerprint density at radius 1 is 1.03 bits per heavy atom. The molecule has 0 saturated heterocycles. The first-order chi connectivity index (χ1) is 13.8. The SMILES string of the molecule is Cc1nc2ccc(C(=O)OCc3cc(=O)oc4c(C)c(O)ccc34)cc2nc1C. The third kappa shape index (κ3) is 3.42. The predicted octanol–water partition coefficient (Wildman–Crippen LogP) is 3.72. The van der Waals surface area contributed by atoms with E-state index in [-0.39, 0.29) is 17.9 Å². The van der Waals surface area contributed by atoms with Crippen molar-refractivity contribution in [3.05, 3.63) is 74.9 Å². The van der Waals surface area contributed by atoms with Crippen LogP contribution < -0.4 is 5.63 Å². The van der Waals surface area contributed by atoms with E-state index in [0.717, 1.165) is 11.4 Å². The lowest BCUT2D eigenvalue weighted by molar-refractivity contribution is 0.0474. The van der Waals surface area contributed by atoms with Crippen molar-refractivity contribution in [3.8, 4) is 5.75 Å². The molecule has 29 heavy (non-hydrogen) atoms. The number of carbonyl (C=O) groups excluding carboxylic acids is 1. The third-order valence-corrected chi connectivity index (χ3v) is 4.89. The molecule has 4 rings (SSSR count). The number of aromatic nitrogens is 2. The highest BCUT2D eigenvalue weighted by Crippen LogP contribution is 2.27. The summed E-state index contributed by atoms with van der Waals surface area (Å²) in [5.41, 5.74) is 3.93. The molecule has 0 radical (unpaired) electrons. The van der Waals surface area contributed by atoms with Crippen molar-refractivity contribution in [3.63, 3.8) is 0 Å². The van der Waals surface area contributed by atoms with E-state index in [2.05, 4.69) is 9.97 Å². The van der Waals surface area contributed by atoms with Crippen molar-refractivity contribution in [2.75, 3.05) is 0 Å². The largest absolute Gasteiger partial charge is 0.508 e. The minimum atomic E-state index is -0.580. The number of aryl methyl sites for hydroxylation is 3. The fourth-order valence-corrected chi connectivity index (χ4v) is 3.12. The molecule has 146 valence electrons. The molecule has 0 fully saturated rings. The Morgan fingerprint density at radius 2 is 1.76 bits per heavy atom. The molecule has 1 N–H and O–H groups in total. The molecule has 2 heterocycles. The third-order valence-electron chi connectivity index (χ3n) is 4.89. The fourth-order valence-electron chi connectivity index (χ4n) is 3.12. The summed E-state index contributed by atoms with van der Waals surface area (Å²) < 4.78 is 10.6. The van der Waals surface area contributed by atoms with Gasteiger partial charge in [0.15, 0.2) is 0 Å². The molecule has 0 aliphatic rings. The number of hydrogen-bond donors (Lipinski definition) is 1. The summed E-state index contributed by atoms with van der Waals surface area (Å²) in [5, 5.41) is 10.4. The molecule has 0 saturated carbocycles. The van der Waals surface area contributed by atoms with Gasteiger partial charge in [-0.25, -0.2) is 19.6 Å². The number of hydrogen-bond acceptors (Lipinski definition) is 7. The number of rotatable bonds is 3. The highest BCUT2D eigenvalue weighted by molar-refractivity contribution is 5.93. The second kappa shape index (κ2) is 7.01. The van der Waals surface area contributed by atoms with Gasteiger partial charge in [0.1, 0.15) is 17.9 Å². The fraction of sp³-hybridized carbons (Fsp3) is 0.182. The van der Waals surface area contributed by atoms with Gasteiger partial charge < -0.3 is 14.3 Å². The number of carbonyl (C=O) groups is 1. The van der Waals surface area contributed by atoms with Gasteiger partial charge in [-0.3, -0.25) is 0 Å². The number of phenols is 1.